The number of anilines is 2. The van der Waals surface area contributed by atoms with Crippen molar-refractivity contribution in [1.82, 2.24) is 4.90 Å². The minimum atomic E-state index is -1.24. The molecule has 2 bridgehead atoms. The molecule has 4 aromatic carbocycles. The molecule has 6 atom stereocenters. The number of likely N-dealkylation sites (tertiary alicyclic amines) is 1. The average molecular weight is 648 g/mol. The fraction of sp³-hybridized carbons (Fsp3) is 0.359. The number of aliphatic hydroxyl groups excluding tert-OH is 1. The summed E-state index contributed by atoms with van der Waals surface area (Å²) in [5, 5.41) is 18.9. The van der Waals surface area contributed by atoms with Crippen molar-refractivity contribution in [1.29, 1.82) is 0 Å². The molecule has 48 heavy (non-hydrogen) atoms. The molecule has 3 heterocycles. The number of ether oxygens (including phenoxy) is 2. The van der Waals surface area contributed by atoms with E-state index in [0.29, 0.717) is 49.4 Å². The predicted molar refractivity (Wildman–Crippen MR) is 184 cm³/mol. The van der Waals surface area contributed by atoms with E-state index in [0.717, 1.165) is 16.3 Å². The fourth-order valence-electron chi connectivity index (χ4n) is 8.38. The van der Waals surface area contributed by atoms with E-state index in [1.165, 1.54) is 4.90 Å². The van der Waals surface area contributed by atoms with Crippen LogP contribution in [-0.2, 0) is 25.5 Å². The normalized spacial score (nSPS) is 26.4. The fourth-order valence-corrected chi connectivity index (χ4v) is 8.38. The molecule has 3 fully saturated rings. The Labute approximate surface area is 280 Å². The Bertz CT molecular complexity index is 1830. The molecule has 0 aliphatic carbocycles. The van der Waals surface area contributed by atoms with Crippen molar-refractivity contribution in [3.8, 4) is 5.75 Å². The van der Waals surface area contributed by atoms with Crippen LogP contribution in [0.1, 0.15) is 38.7 Å². The minimum absolute atomic E-state index is 0.319. The van der Waals surface area contributed by atoms with Crippen LogP contribution in [0.25, 0.3) is 10.8 Å². The summed E-state index contributed by atoms with van der Waals surface area (Å²) in [6.45, 7) is 4.05. The number of fused-ring (bicyclic) bond motifs is 2. The van der Waals surface area contributed by atoms with Crippen LogP contribution < -0.4 is 15.4 Å². The number of rotatable bonds is 11. The third-order valence-electron chi connectivity index (χ3n) is 10.5. The summed E-state index contributed by atoms with van der Waals surface area (Å²) >= 11 is 0. The first-order chi connectivity index (χ1) is 23.3. The summed E-state index contributed by atoms with van der Waals surface area (Å²) in [4.78, 5) is 45.1. The summed E-state index contributed by atoms with van der Waals surface area (Å²) in [7, 11) is 0. The molecule has 9 heteroatoms. The lowest BCUT2D eigenvalue weighted by Gasteiger charge is -2.37. The van der Waals surface area contributed by atoms with Gasteiger partial charge in [-0.05, 0) is 85.3 Å². The molecule has 3 N–H and O–H groups in total. The van der Waals surface area contributed by atoms with E-state index >= 15 is 0 Å². The van der Waals surface area contributed by atoms with E-state index in [4.69, 9.17) is 9.47 Å². The van der Waals surface area contributed by atoms with Gasteiger partial charge in [0, 0.05) is 11.4 Å². The molecule has 248 valence electrons. The second kappa shape index (κ2) is 12.7. The van der Waals surface area contributed by atoms with Gasteiger partial charge in [-0.1, -0.05) is 67.6 Å². The van der Waals surface area contributed by atoms with Gasteiger partial charge in [0.15, 0.2) is 0 Å². The number of hydrogen-bond acceptors (Lipinski definition) is 6. The quantitative estimate of drug-likeness (QED) is 0.196. The van der Waals surface area contributed by atoms with Crippen molar-refractivity contribution in [2.24, 2.45) is 11.8 Å². The lowest BCUT2D eigenvalue weighted by atomic mass is 9.65. The zero-order valence-electron chi connectivity index (χ0n) is 27.2. The highest BCUT2D eigenvalue weighted by atomic mass is 16.5. The number of hydrogen-bond donors (Lipinski definition) is 3. The van der Waals surface area contributed by atoms with E-state index in [-0.39, 0.29) is 18.4 Å². The number of carbonyl (C=O) groups excluding carboxylic acids is 3. The van der Waals surface area contributed by atoms with E-state index in [2.05, 4.69) is 10.6 Å². The highest BCUT2D eigenvalue weighted by Gasteiger charge is 2.79. The first kappa shape index (κ1) is 31.8. The van der Waals surface area contributed by atoms with Gasteiger partial charge in [-0.2, -0.15) is 0 Å². The Morgan fingerprint density at radius 2 is 1.58 bits per heavy atom. The second-order valence-electron chi connectivity index (χ2n) is 13.1. The maximum absolute atomic E-state index is 14.8. The molecule has 3 aliphatic rings. The summed E-state index contributed by atoms with van der Waals surface area (Å²) in [6, 6.07) is 28.5. The highest BCUT2D eigenvalue weighted by molar-refractivity contribution is 6.06. The smallest absolute Gasteiger partial charge is 0.250 e. The van der Waals surface area contributed by atoms with E-state index in [1.807, 2.05) is 86.6 Å². The first-order valence-corrected chi connectivity index (χ1v) is 16.8. The van der Waals surface area contributed by atoms with E-state index in [9.17, 15) is 19.5 Å². The lowest BCUT2D eigenvalue weighted by molar-refractivity contribution is -0.148. The van der Waals surface area contributed by atoms with Crippen molar-refractivity contribution in [3.05, 3.63) is 103 Å². The van der Waals surface area contributed by atoms with E-state index < -0.39 is 41.0 Å². The maximum Gasteiger partial charge on any atom is 0.250 e. The molecule has 4 aromatic rings. The summed E-state index contributed by atoms with van der Waals surface area (Å²) < 4.78 is 12.5. The molecular formula is C39H41N3O6. The summed E-state index contributed by atoms with van der Waals surface area (Å²) in [6.07, 6.45) is 1.82. The van der Waals surface area contributed by atoms with Crippen molar-refractivity contribution in [2.45, 2.75) is 62.8 Å². The van der Waals surface area contributed by atoms with Gasteiger partial charge in [0.25, 0.3) is 0 Å². The Kier molecular flexibility index (Phi) is 8.43. The van der Waals surface area contributed by atoms with Gasteiger partial charge in [0.05, 0.1) is 36.7 Å². The topological polar surface area (TPSA) is 117 Å². The van der Waals surface area contributed by atoms with Crippen molar-refractivity contribution >= 4 is 39.9 Å². The van der Waals surface area contributed by atoms with Gasteiger partial charge >= 0.3 is 0 Å². The van der Waals surface area contributed by atoms with Crippen molar-refractivity contribution in [2.75, 3.05) is 23.8 Å². The Morgan fingerprint density at radius 1 is 0.896 bits per heavy atom. The van der Waals surface area contributed by atoms with Crippen LogP contribution in [0.2, 0.25) is 0 Å². The second-order valence-corrected chi connectivity index (χ2v) is 13.1. The van der Waals surface area contributed by atoms with Crippen LogP contribution in [0, 0.1) is 11.8 Å². The molecule has 3 saturated heterocycles. The molecule has 0 saturated carbocycles. The van der Waals surface area contributed by atoms with Gasteiger partial charge in [0.1, 0.15) is 17.4 Å². The number of nitrogens with zero attached hydrogens (tertiary/aromatic N) is 1. The van der Waals surface area contributed by atoms with Crippen LogP contribution in [0.3, 0.4) is 0 Å². The van der Waals surface area contributed by atoms with Crippen LogP contribution >= 0.6 is 0 Å². The molecule has 2 unspecified atom stereocenters. The molecule has 9 nitrogen and oxygen atoms in total. The van der Waals surface area contributed by atoms with Gasteiger partial charge in [-0.25, -0.2) is 0 Å². The molecule has 7 rings (SSSR count). The number of nitrogens with one attached hydrogen (secondary N) is 2. The number of carbonyl (C=O) groups is 3. The largest absolute Gasteiger partial charge is 0.494 e. The third-order valence-corrected chi connectivity index (χ3v) is 10.5. The van der Waals surface area contributed by atoms with Crippen LogP contribution in [0.5, 0.6) is 5.75 Å². The summed E-state index contributed by atoms with van der Waals surface area (Å²) in [5.74, 6) is -2.09. The van der Waals surface area contributed by atoms with Gasteiger partial charge < -0.3 is 30.1 Å². The maximum atomic E-state index is 14.8. The predicted octanol–water partition coefficient (Wildman–Crippen LogP) is 5.57. The molecular weight excluding hydrogens is 606 g/mol. The number of amides is 3. The molecule has 0 aromatic heterocycles. The SMILES string of the molecule is CCOc1ccc(NC(=O)[C@H]2[C@H]3C(=O)N([C@@H](CO)Cc4ccccc4)C(C(=O)Nc4ccc5ccccc5c4)C34CC[C@]2(CC)O4)cc1. The van der Waals surface area contributed by atoms with Crippen molar-refractivity contribution in [3.63, 3.8) is 0 Å². The number of benzene rings is 4. The van der Waals surface area contributed by atoms with Gasteiger partial charge in [0.2, 0.25) is 17.7 Å². The highest BCUT2D eigenvalue weighted by Crippen LogP contribution is 2.64. The number of aliphatic hydroxyl groups is 1. The molecule has 3 amide bonds. The van der Waals surface area contributed by atoms with E-state index in [1.54, 1.807) is 24.3 Å². The minimum Gasteiger partial charge on any atom is -0.494 e. The van der Waals surface area contributed by atoms with Crippen molar-refractivity contribution < 1.29 is 29.0 Å². The van der Waals surface area contributed by atoms with Gasteiger partial charge in [-0.3, -0.25) is 14.4 Å². The zero-order chi connectivity index (χ0) is 33.5. The van der Waals surface area contributed by atoms with Gasteiger partial charge in [-0.15, -0.1) is 0 Å². The Hall–Kier alpha value is -4.73. The first-order valence-electron chi connectivity index (χ1n) is 16.8. The average Bonchev–Trinajstić information content (AvgIpc) is 3.72. The zero-order valence-corrected chi connectivity index (χ0v) is 27.2. The molecule has 0 radical (unpaired) electrons. The summed E-state index contributed by atoms with van der Waals surface area (Å²) in [5.41, 5.74) is -0.0439. The van der Waals surface area contributed by atoms with Crippen LogP contribution in [0.15, 0.2) is 97.1 Å². The lowest BCUT2D eigenvalue weighted by Crippen LogP contribution is -2.57. The monoisotopic (exact) mass is 647 g/mol. The molecule has 1 spiro atoms. The standard InChI is InChI=1S/C39H41N3O6/c1-3-38-20-21-39(48-38)33(32(38)35(44)40-28-16-18-31(19-17-28)47-4-2)37(46)42(30(24-43)22-25-10-6-5-7-11-25)34(39)36(45)41-29-15-14-26-12-8-9-13-27(26)23-29/h5-19,23,30,32-34,43H,3-4,20-22,24H2,1-2H3,(H,40,44)(H,41,45)/t30-,32-,33+,34?,38+,39?/m1/s1. The van der Waals surface area contributed by atoms with Crippen LogP contribution in [-0.4, -0.2) is 64.2 Å². The van der Waals surface area contributed by atoms with Crippen LogP contribution in [0.4, 0.5) is 11.4 Å². The Morgan fingerprint density at radius 3 is 2.29 bits per heavy atom. The Balaban J connectivity index is 1.26. The third kappa shape index (κ3) is 5.31. The molecule has 3 aliphatic heterocycles.